The minimum Gasteiger partial charge on any atom is -0.390 e. The van der Waals surface area contributed by atoms with E-state index in [4.69, 9.17) is 0 Å². The normalized spacial score (nSPS) is 14.2. The highest BCUT2D eigenvalue weighted by Gasteiger charge is 2.24. The van der Waals surface area contributed by atoms with Gasteiger partial charge in [-0.1, -0.05) is 62.2 Å². The summed E-state index contributed by atoms with van der Waals surface area (Å²) in [5.41, 5.74) is 0.430. The molecule has 21 heavy (non-hydrogen) atoms. The molecule has 0 amide bonds. The van der Waals surface area contributed by atoms with Gasteiger partial charge in [-0.05, 0) is 25.7 Å². The maximum Gasteiger partial charge on any atom is 0.193 e. The number of unbranched alkanes of at least 4 members (excludes halogenated alkanes) is 3. The second-order valence-electron chi connectivity index (χ2n) is 5.29. The fourth-order valence-electron chi connectivity index (χ4n) is 2.12. The first-order valence-electron chi connectivity index (χ1n) is 7.77. The highest BCUT2D eigenvalue weighted by molar-refractivity contribution is 5.99. The molecule has 2 N–H and O–H groups in total. The van der Waals surface area contributed by atoms with Crippen molar-refractivity contribution < 1.29 is 15.0 Å². The van der Waals surface area contributed by atoms with Crippen molar-refractivity contribution in [1.29, 1.82) is 0 Å². The Kier molecular flexibility index (Phi) is 8.63. The van der Waals surface area contributed by atoms with E-state index < -0.39 is 18.0 Å². The third-order valence-electron chi connectivity index (χ3n) is 3.46. The molecule has 2 atom stereocenters. The molecule has 3 nitrogen and oxygen atoms in total. The maximum atomic E-state index is 12.0. The molecule has 1 aromatic carbocycles. The van der Waals surface area contributed by atoms with Crippen LogP contribution in [-0.2, 0) is 0 Å². The third kappa shape index (κ3) is 6.69. The number of aliphatic hydroxyl groups excluding tert-OH is 2. The van der Waals surface area contributed by atoms with Gasteiger partial charge < -0.3 is 10.2 Å². The number of ketones is 1. The molecule has 1 rings (SSSR count). The van der Waals surface area contributed by atoms with E-state index in [1.807, 2.05) is 12.1 Å². The van der Waals surface area contributed by atoms with Crippen molar-refractivity contribution in [3.8, 4) is 0 Å². The largest absolute Gasteiger partial charge is 0.390 e. The Morgan fingerprint density at radius 3 is 2.43 bits per heavy atom. The summed E-state index contributed by atoms with van der Waals surface area (Å²) in [4.78, 5) is 12.0. The van der Waals surface area contributed by atoms with Gasteiger partial charge in [0.1, 0.15) is 6.10 Å². The van der Waals surface area contributed by atoms with Gasteiger partial charge in [0, 0.05) is 5.56 Å². The van der Waals surface area contributed by atoms with Crippen LogP contribution in [0.4, 0.5) is 0 Å². The third-order valence-corrected chi connectivity index (χ3v) is 3.46. The first kappa shape index (κ1) is 17.6. The lowest BCUT2D eigenvalue weighted by Crippen LogP contribution is -2.33. The Bertz CT molecular complexity index is 425. The van der Waals surface area contributed by atoms with Crippen molar-refractivity contribution in [2.75, 3.05) is 0 Å². The molecule has 0 fully saturated rings. The Balaban J connectivity index is 2.31. The van der Waals surface area contributed by atoms with E-state index in [1.54, 1.807) is 24.3 Å². The first-order chi connectivity index (χ1) is 10.2. The monoisotopic (exact) mass is 290 g/mol. The summed E-state index contributed by atoms with van der Waals surface area (Å²) in [7, 11) is 0. The predicted octanol–water partition coefficient (Wildman–Crippen LogP) is 3.51. The number of carbonyl (C=O) groups excluding carboxylic acids is 1. The molecule has 0 saturated heterocycles. The molecule has 0 radical (unpaired) electrons. The Labute approximate surface area is 127 Å². The van der Waals surface area contributed by atoms with Crippen LogP contribution < -0.4 is 0 Å². The molecule has 3 heteroatoms. The van der Waals surface area contributed by atoms with Gasteiger partial charge in [-0.3, -0.25) is 4.79 Å². The minimum absolute atomic E-state index is 0.393. The summed E-state index contributed by atoms with van der Waals surface area (Å²) < 4.78 is 0. The summed E-state index contributed by atoms with van der Waals surface area (Å²) in [5.74, 6) is -0.421. The smallest absolute Gasteiger partial charge is 0.193 e. The molecule has 0 aliphatic heterocycles. The summed E-state index contributed by atoms with van der Waals surface area (Å²) >= 11 is 0. The highest BCUT2D eigenvalue weighted by Crippen LogP contribution is 2.11. The molecule has 0 aromatic heterocycles. The Morgan fingerprint density at radius 1 is 1.10 bits per heavy atom. The lowest BCUT2D eigenvalue weighted by molar-refractivity contribution is 0.0182. The van der Waals surface area contributed by atoms with E-state index in [0.29, 0.717) is 18.4 Å². The van der Waals surface area contributed by atoms with Gasteiger partial charge in [0.25, 0.3) is 0 Å². The molecule has 0 heterocycles. The second-order valence-corrected chi connectivity index (χ2v) is 5.29. The summed E-state index contributed by atoms with van der Waals surface area (Å²) in [6.45, 7) is 2.17. The molecule has 0 spiro atoms. The van der Waals surface area contributed by atoms with Crippen molar-refractivity contribution in [1.82, 2.24) is 0 Å². The molecular formula is C18H26O3. The van der Waals surface area contributed by atoms with Crippen LogP contribution in [0.5, 0.6) is 0 Å². The lowest BCUT2D eigenvalue weighted by atomic mass is 9.99. The SMILES string of the molecule is CCCCC/C=C/CC[C@@H](O)[C@@H](O)C(=O)c1ccccc1. The highest BCUT2D eigenvalue weighted by atomic mass is 16.3. The van der Waals surface area contributed by atoms with Gasteiger partial charge in [-0.15, -0.1) is 0 Å². The quantitative estimate of drug-likeness (QED) is 0.394. The fourth-order valence-corrected chi connectivity index (χ4v) is 2.12. The van der Waals surface area contributed by atoms with Gasteiger partial charge in [-0.2, -0.15) is 0 Å². The molecule has 1 aromatic rings. The Morgan fingerprint density at radius 2 is 1.76 bits per heavy atom. The summed E-state index contributed by atoms with van der Waals surface area (Å²) in [6, 6.07) is 8.58. The molecule has 0 aliphatic carbocycles. The van der Waals surface area contributed by atoms with Crippen molar-refractivity contribution in [3.63, 3.8) is 0 Å². The van der Waals surface area contributed by atoms with E-state index in [1.165, 1.54) is 19.3 Å². The van der Waals surface area contributed by atoms with Gasteiger partial charge in [0.05, 0.1) is 6.10 Å². The number of carbonyl (C=O) groups is 1. The van der Waals surface area contributed by atoms with Gasteiger partial charge in [-0.25, -0.2) is 0 Å². The van der Waals surface area contributed by atoms with Crippen LogP contribution in [0.2, 0.25) is 0 Å². The average molecular weight is 290 g/mol. The maximum absolute atomic E-state index is 12.0. The number of aliphatic hydroxyl groups is 2. The van der Waals surface area contributed by atoms with E-state index in [2.05, 4.69) is 13.0 Å². The van der Waals surface area contributed by atoms with Gasteiger partial charge >= 0.3 is 0 Å². The molecular weight excluding hydrogens is 264 g/mol. The van der Waals surface area contributed by atoms with Crippen molar-refractivity contribution in [2.24, 2.45) is 0 Å². The van der Waals surface area contributed by atoms with Crippen LogP contribution in [0.3, 0.4) is 0 Å². The van der Waals surface area contributed by atoms with E-state index in [9.17, 15) is 15.0 Å². The topological polar surface area (TPSA) is 57.5 Å². The number of rotatable bonds is 10. The zero-order valence-corrected chi connectivity index (χ0v) is 12.7. The van der Waals surface area contributed by atoms with E-state index in [-0.39, 0.29) is 0 Å². The lowest BCUT2D eigenvalue weighted by Gasteiger charge is -2.16. The fraction of sp³-hybridized carbons (Fsp3) is 0.500. The Hall–Kier alpha value is -1.45. The zero-order valence-electron chi connectivity index (χ0n) is 12.7. The van der Waals surface area contributed by atoms with Crippen molar-refractivity contribution >= 4 is 5.78 Å². The van der Waals surface area contributed by atoms with Crippen LogP contribution in [0, 0.1) is 0 Å². The standard InChI is InChI=1S/C18H26O3/c1-2-3-4-5-6-7-11-14-16(19)18(21)17(20)15-12-9-8-10-13-15/h6-10,12-13,16,18-19,21H,2-5,11,14H2,1H3/b7-6+/t16-,18-/m1/s1. The van der Waals surface area contributed by atoms with Crippen LogP contribution in [0.1, 0.15) is 55.8 Å². The molecule has 0 saturated carbocycles. The summed E-state index contributed by atoms with van der Waals surface area (Å²) in [6.07, 6.45) is 7.50. The van der Waals surface area contributed by atoms with Crippen LogP contribution in [-0.4, -0.2) is 28.2 Å². The number of hydrogen-bond donors (Lipinski definition) is 2. The molecule has 116 valence electrons. The number of allylic oxidation sites excluding steroid dienone is 2. The van der Waals surface area contributed by atoms with E-state index in [0.717, 1.165) is 6.42 Å². The zero-order chi connectivity index (χ0) is 15.5. The summed E-state index contributed by atoms with van der Waals surface area (Å²) in [5, 5.41) is 19.8. The van der Waals surface area contributed by atoms with Crippen LogP contribution >= 0.6 is 0 Å². The van der Waals surface area contributed by atoms with E-state index >= 15 is 0 Å². The molecule has 0 bridgehead atoms. The van der Waals surface area contributed by atoms with Crippen LogP contribution in [0.25, 0.3) is 0 Å². The van der Waals surface area contributed by atoms with Gasteiger partial charge in [0.15, 0.2) is 5.78 Å². The minimum atomic E-state index is -1.35. The van der Waals surface area contributed by atoms with Gasteiger partial charge in [0.2, 0.25) is 0 Å². The molecule has 0 aliphatic rings. The predicted molar refractivity (Wildman–Crippen MR) is 85.3 cm³/mol. The first-order valence-corrected chi connectivity index (χ1v) is 7.77. The van der Waals surface area contributed by atoms with Crippen molar-refractivity contribution in [3.05, 3.63) is 48.0 Å². The van der Waals surface area contributed by atoms with Crippen LogP contribution in [0.15, 0.2) is 42.5 Å². The number of Topliss-reactive ketones (excluding diaryl/α,β-unsaturated/α-hetero) is 1. The second kappa shape index (κ2) is 10.3. The van der Waals surface area contributed by atoms with Crippen molar-refractivity contribution in [2.45, 2.75) is 57.7 Å². The number of hydrogen-bond acceptors (Lipinski definition) is 3. The number of benzene rings is 1. The molecule has 0 unspecified atom stereocenters. The average Bonchev–Trinajstić information content (AvgIpc) is 2.53.